The van der Waals surface area contributed by atoms with E-state index in [4.69, 9.17) is 4.52 Å². The fourth-order valence-corrected chi connectivity index (χ4v) is 3.36. The second-order valence-electron chi connectivity index (χ2n) is 3.99. The molecule has 0 bridgehead atoms. The average Bonchev–Trinajstić information content (AvgIpc) is 2.89. The Kier molecular flexibility index (Phi) is 2.40. The monoisotopic (exact) mass is 195 g/mol. The molecule has 1 fully saturated rings. The van der Waals surface area contributed by atoms with Crippen LogP contribution in [0, 0.1) is 0 Å². The molecule has 0 aliphatic heterocycles. The molecule has 1 aliphatic carbocycles. The van der Waals surface area contributed by atoms with Gasteiger partial charge in [0.2, 0.25) is 0 Å². The minimum absolute atomic E-state index is 0.559. The topological polar surface area (TPSA) is 9.23 Å². The predicted octanol–water partition coefficient (Wildman–Crippen LogP) is 2.68. The second kappa shape index (κ2) is 3.40. The molecule has 13 heavy (non-hydrogen) atoms. The smallest absolute Gasteiger partial charge is 0.172 e. The fraction of sp³-hybridized carbons (Fsp3) is 0.455. The summed E-state index contributed by atoms with van der Waals surface area (Å²) in [7, 11) is -1.29. The SMILES string of the molecule is C[P+](C)(OC1CC1)c1ccccc1. The van der Waals surface area contributed by atoms with Gasteiger partial charge in [0.25, 0.3) is 0 Å². The maximum atomic E-state index is 6.05. The molecule has 0 saturated heterocycles. The Morgan fingerprint density at radius 2 is 1.77 bits per heavy atom. The van der Waals surface area contributed by atoms with Crippen molar-refractivity contribution in [1.29, 1.82) is 0 Å². The Morgan fingerprint density at radius 1 is 1.15 bits per heavy atom. The van der Waals surface area contributed by atoms with E-state index >= 15 is 0 Å². The molecule has 70 valence electrons. The summed E-state index contributed by atoms with van der Waals surface area (Å²) < 4.78 is 6.05. The Hall–Kier alpha value is -0.390. The maximum absolute atomic E-state index is 6.05. The lowest BCUT2D eigenvalue weighted by molar-refractivity contribution is 0.336. The molecule has 1 aliphatic rings. The molecule has 0 radical (unpaired) electrons. The first-order valence-electron chi connectivity index (χ1n) is 4.76. The zero-order chi connectivity index (χ0) is 9.31. The molecule has 1 nitrogen and oxygen atoms in total. The highest BCUT2D eigenvalue weighted by Crippen LogP contribution is 2.55. The highest BCUT2D eigenvalue weighted by molar-refractivity contribution is 7.77. The van der Waals surface area contributed by atoms with Gasteiger partial charge in [-0.1, -0.05) is 18.2 Å². The van der Waals surface area contributed by atoms with Crippen molar-refractivity contribution in [3.05, 3.63) is 30.3 Å². The molecule has 1 saturated carbocycles. The van der Waals surface area contributed by atoms with Gasteiger partial charge in [-0.25, -0.2) is 4.52 Å². The summed E-state index contributed by atoms with van der Waals surface area (Å²) >= 11 is 0. The van der Waals surface area contributed by atoms with Crippen LogP contribution in [-0.2, 0) is 4.52 Å². The van der Waals surface area contributed by atoms with E-state index in [0.717, 1.165) is 0 Å². The Bertz CT molecular complexity index is 277. The van der Waals surface area contributed by atoms with Gasteiger partial charge in [0.05, 0.1) is 13.3 Å². The molecule has 0 aromatic heterocycles. The van der Waals surface area contributed by atoms with E-state index < -0.39 is 7.49 Å². The van der Waals surface area contributed by atoms with Gasteiger partial charge in [-0.05, 0) is 25.0 Å². The van der Waals surface area contributed by atoms with Crippen LogP contribution in [-0.4, -0.2) is 19.4 Å². The second-order valence-corrected chi connectivity index (χ2v) is 7.42. The Morgan fingerprint density at radius 3 is 2.31 bits per heavy atom. The third kappa shape index (κ3) is 2.30. The van der Waals surface area contributed by atoms with Crippen LogP contribution in [0.1, 0.15) is 12.8 Å². The summed E-state index contributed by atoms with van der Waals surface area (Å²) in [6, 6.07) is 10.6. The summed E-state index contributed by atoms with van der Waals surface area (Å²) in [5, 5.41) is 1.38. The van der Waals surface area contributed by atoms with E-state index in [2.05, 4.69) is 43.7 Å². The van der Waals surface area contributed by atoms with E-state index in [9.17, 15) is 0 Å². The van der Waals surface area contributed by atoms with Crippen LogP contribution < -0.4 is 5.30 Å². The van der Waals surface area contributed by atoms with Gasteiger partial charge in [-0.15, -0.1) is 0 Å². The van der Waals surface area contributed by atoms with Crippen molar-refractivity contribution in [2.75, 3.05) is 13.3 Å². The lowest BCUT2D eigenvalue weighted by Gasteiger charge is -2.16. The van der Waals surface area contributed by atoms with Crippen LogP contribution >= 0.6 is 7.49 Å². The summed E-state index contributed by atoms with van der Waals surface area (Å²) in [5.41, 5.74) is 0. The molecule has 1 aromatic rings. The molecular weight excluding hydrogens is 179 g/mol. The largest absolute Gasteiger partial charge is 0.230 e. The van der Waals surface area contributed by atoms with Crippen LogP contribution in [0.3, 0.4) is 0 Å². The van der Waals surface area contributed by atoms with E-state index in [1.165, 1.54) is 18.1 Å². The first-order valence-corrected chi connectivity index (χ1v) is 7.36. The molecule has 1 aromatic carbocycles. The summed E-state index contributed by atoms with van der Waals surface area (Å²) in [4.78, 5) is 0. The third-order valence-corrected chi connectivity index (χ3v) is 4.68. The van der Waals surface area contributed by atoms with Crippen molar-refractivity contribution in [1.82, 2.24) is 0 Å². The first kappa shape index (κ1) is 9.18. The molecular formula is C11H16OP+. The van der Waals surface area contributed by atoms with Crippen LogP contribution in [0.2, 0.25) is 0 Å². The van der Waals surface area contributed by atoms with Crippen molar-refractivity contribution < 1.29 is 4.52 Å². The van der Waals surface area contributed by atoms with E-state index in [1.54, 1.807) is 0 Å². The lowest BCUT2D eigenvalue weighted by atomic mass is 10.4. The molecule has 0 amide bonds. The Balaban J connectivity index is 2.12. The van der Waals surface area contributed by atoms with Crippen molar-refractivity contribution >= 4 is 12.8 Å². The van der Waals surface area contributed by atoms with E-state index in [-0.39, 0.29) is 0 Å². The van der Waals surface area contributed by atoms with Gasteiger partial charge in [0.1, 0.15) is 11.4 Å². The number of rotatable bonds is 3. The summed E-state index contributed by atoms with van der Waals surface area (Å²) in [6.45, 7) is 4.50. The van der Waals surface area contributed by atoms with E-state index in [0.29, 0.717) is 6.10 Å². The van der Waals surface area contributed by atoms with Crippen LogP contribution in [0.5, 0.6) is 0 Å². The zero-order valence-electron chi connectivity index (χ0n) is 8.23. The van der Waals surface area contributed by atoms with Crippen molar-refractivity contribution in [2.24, 2.45) is 0 Å². The minimum atomic E-state index is -1.29. The van der Waals surface area contributed by atoms with Crippen LogP contribution in [0.25, 0.3) is 0 Å². The van der Waals surface area contributed by atoms with Gasteiger partial charge in [-0.3, -0.25) is 0 Å². The van der Waals surface area contributed by atoms with Crippen molar-refractivity contribution in [2.45, 2.75) is 18.9 Å². The average molecular weight is 195 g/mol. The number of hydrogen-bond acceptors (Lipinski definition) is 1. The van der Waals surface area contributed by atoms with Crippen LogP contribution in [0.4, 0.5) is 0 Å². The molecule has 0 heterocycles. The lowest BCUT2D eigenvalue weighted by Crippen LogP contribution is -2.12. The zero-order valence-corrected chi connectivity index (χ0v) is 9.13. The van der Waals surface area contributed by atoms with Crippen LogP contribution in [0.15, 0.2) is 30.3 Å². The van der Waals surface area contributed by atoms with Gasteiger partial charge in [0, 0.05) is 0 Å². The third-order valence-electron chi connectivity index (χ3n) is 2.31. The van der Waals surface area contributed by atoms with E-state index in [1.807, 2.05) is 0 Å². The highest BCUT2D eigenvalue weighted by atomic mass is 31.2. The predicted molar refractivity (Wildman–Crippen MR) is 59.0 cm³/mol. The fourth-order valence-electron chi connectivity index (χ4n) is 1.39. The highest BCUT2D eigenvalue weighted by Gasteiger charge is 2.38. The molecule has 0 N–H and O–H groups in total. The summed E-state index contributed by atoms with van der Waals surface area (Å²) in [6.07, 6.45) is 3.08. The normalized spacial score (nSPS) is 17.4. The van der Waals surface area contributed by atoms with Gasteiger partial charge in [-0.2, -0.15) is 0 Å². The van der Waals surface area contributed by atoms with Gasteiger partial charge in [0.15, 0.2) is 7.49 Å². The number of benzene rings is 1. The van der Waals surface area contributed by atoms with Gasteiger partial charge >= 0.3 is 0 Å². The number of hydrogen-bond donors (Lipinski definition) is 0. The minimum Gasteiger partial charge on any atom is -0.230 e. The van der Waals surface area contributed by atoms with Crippen molar-refractivity contribution in [3.8, 4) is 0 Å². The maximum Gasteiger partial charge on any atom is 0.172 e. The molecule has 0 spiro atoms. The quantitative estimate of drug-likeness (QED) is 0.674. The Labute approximate surface area is 80.5 Å². The first-order chi connectivity index (χ1) is 6.18. The van der Waals surface area contributed by atoms with Crippen molar-refractivity contribution in [3.63, 3.8) is 0 Å². The molecule has 0 unspecified atom stereocenters. The molecule has 0 atom stereocenters. The molecule has 2 rings (SSSR count). The van der Waals surface area contributed by atoms with Gasteiger partial charge < -0.3 is 0 Å². The standard InChI is InChI=1S/C11H16OP/c1-13(2,12-10-8-9-10)11-6-4-3-5-7-11/h3-7,10H,8-9H2,1-2H3/q+1. The summed E-state index contributed by atoms with van der Waals surface area (Å²) in [5.74, 6) is 0. The molecule has 2 heteroatoms.